The molecular weight excluding hydrogens is 388 g/mol. The predicted molar refractivity (Wildman–Crippen MR) is 112 cm³/mol. The summed E-state index contributed by atoms with van der Waals surface area (Å²) in [7, 11) is -3.44. The highest BCUT2D eigenvalue weighted by atomic mass is 32.2. The molecule has 1 atom stereocenters. The summed E-state index contributed by atoms with van der Waals surface area (Å²) in [5, 5.41) is 11.5. The molecule has 0 bridgehead atoms. The van der Waals surface area contributed by atoms with Gasteiger partial charge in [0.1, 0.15) is 0 Å². The average Bonchev–Trinajstić information content (AvgIpc) is 3.22. The number of hydrogen-bond acceptors (Lipinski definition) is 6. The fraction of sp³-hybridized carbons (Fsp3) is 0.333. The molecule has 0 saturated heterocycles. The minimum absolute atomic E-state index is 0.00715. The Morgan fingerprint density at radius 3 is 2.28 bits per heavy atom. The lowest BCUT2D eigenvalue weighted by Crippen LogP contribution is -2.30. The van der Waals surface area contributed by atoms with Gasteiger partial charge in [-0.15, -0.1) is 10.2 Å². The van der Waals surface area contributed by atoms with Gasteiger partial charge in [-0.1, -0.05) is 44.2 Å². The average molecular weight is 415 g/mol. The maximum absolute atomic E-state index is 12.6. The molecule has 3 aromatic rings. The van der Waals surface area contributed by atoms with Gasteiger partial charge in [0.2, 0.25) is 21.8 Å². The van der Waals surface area contributed by atoms with E-state index >= 15 is 0 Å². The second kappa shape index (κ2) is 9.30. The van der Waals surface area contributed by atoms with Crippen LogP contribution in [-0.2, 0) is 16.6 Å². The SMILES string of the molecule is CCN(CC)S(=O)(=O)c1ccc([C@H](C)NCc2nnc(-c3ccccc3)o2)cc1. The summed E-state index contributed by atoms with van der Waals surface area (Å²) in [6.07, 6.45) is 0. The van der Waals surface area contributed by atoms with Gasteiger partial charge in [-0.3, -0.25) is 0 Å². The van der Waals surface area contributed by atoms with E-state index in [0.717, 1.165) is 11.1 Å². The molecule has 8 heteroatoms. The summed E-state index contributed by atoms with van der Waals surface area (Å²) in [6.45, 7) is 6.99. The lowest BCUT2D eigenvalue weighted by atomic mass is 10.1. The van der Waals surface area contributed by atoms with E-state index < -0.39 is 10.0 Å². The third-order valence-corrected chi connectivity index (χ3v) is 6.83. The van der Waals surface area contributed by atoms with Crippen molar-refractivity contribution in [2.24, 2.45) is 0 Å². The van der Waals surface area contributed by atoms with Gasteiger partial charge in [-0.25, -0.2) is 8.42 Å². The maximum atomic E-state index is 12.6. The Morgan fingerprint density at radius 1 is 1.00 bits per heavy atom. The van der Waals surface area contributed by atoms with Crippen molar-refractivity contribution in [1.82, 2.24) is 19.8 Å². The van der Waals surface area contributed by atoms with Crippen molar-refractivity contribution in [3.63, 3.8) is 0 Å². The molecule has 1 N–H and O–H groups in total. The molecule has 7 nitrogen and oxygen atoms in total. The minimum atomic E-state index is -3.44. The van der Waals surface area contributed by atoms with Crippen LogP contribution in [0.25, 0.3) is 11.5 Å². The molecule has 0 radical (unpaired) electrons. The molecule has 1 aromatic heterocycles. The molecule has 0 spiro atoms. The molecule has 0 fully saturated rings. The van der Waals surface area contributed by atoms with E-state index in [0.29, 0.717) is 36.3 Å². The van der Waals surface area contributed by atoms with Gasteiger partial charge in [0.05, 0.1) is 11.4 Å². The van der Waals surface area contributed by atoms with Crippen LogP contribution >= 0.6 is 0 Å². The lowest BCUT2D eigenvalue weighted by molar-refractivity contribution is 0.445. The molecule has 2 aromatic carbocycles. The molecule has 0 amide bonds. The maximum Gasteiger partial charge on any atom is 0.247 e. The van der Waals surface area contributed by atoms with E-state index in [1.807, 2.05) is 63.2 Å². The van der Waals surface area contributed by atoms with Crippen molar-refractivity contribution >= 4 is 10.0 Å². The molecule has 0 saturated carbocycles. The molecule has 154 valence electrons. The van der Waals surface area contributed by atoms with Gasteiger partial charge in [0.15, 0.2) is 0 Å². The van der Waals surface area contributed by atoms with E-state index in [-0.39, 0.29) is 6.04 Å². The van der Waals surface area contributed by atoms with Gasteiger partial charge in [0, 0.05) is 24.7 Å². The molecule has 0 aliphatic carbocycles. The summed E-state index contributed by atoms with van der Waals surface area (Å²) in [4.78, 5) is 0.307. The Morgan fingerprint density at radius 2 is 1.66 bits per heavy atom. The van der Waals surface area contributed by atoms with Crippen molar-refractivity contribution in [2.75, 3.05) is 13.1 Å². The van der Waals surface area contributed by atoms with Crippen LogP contribution in [0.1, 0.15) is 38.3 Å². The lowest BCUT2D eigenvalue weighted by Gasteiger charge is -2.19. The molecule has 1 heterocycles. The third kappa shape index (κ3) is 4.90. The Labute approximate surface area is 171 Å². The first kappa shape index (κ1) is 21.2. The quantitative estimate of drug-likeness (QED) is 0.575. The monoisotopic (exact) mass is 414 g/mol. The second-order valence-electron chi connectivity index (χ2n) is 6.63. The van der Waals surface area contributed by atoms with E-state index in [1.165, 1.54) is 4.31 Å². The summed E-state index contributed by atoms with van der Waals surface area (Å²) >= 11 is 0. The predicted octanol–water partition coefficient (Wildman–Crippen LogP) is 3.62. The highest BCUT2D eigenvalue weighted by molar-refractivity contribution is 7.89. The van der Waals surface area contributed by atoms with E-state index in [2.05, 4.69) is 15.5 Å². The summed E-state index contributed by atoms with van der Waals surface area (Å²) in [5.74, 6) is 0.984. The first-order chi connectivity index (χ1) is 14.0. The molecule has 0 aliphatic heterocycles. The molecule has 3 rings (SSSR count). The van der Waals surface area contributed by atoms with Crippen molar-refractivity contribution in [3.05, 3.63) is 66.1 Å². The van der Waals surface area contributed by atoms with Crippen molar-refractivity contribution in [1.29, 1.82) is 0 Å². The number of aromatic nitrogens is 2. The van der Waals surface area contributed by atoms with E-state index in [4.69, 9.17) is 4.42 Å². The van der Waals surface area contributed by atoms with Crippen molar-refractivity contribution in [3.8, 4) is 11.5 Å². The Bertz CT molecular complexity index is 1010. The number of nitrogens with zero attached hydrogens (tertiary/aromatic N) is 3. The van der Waals surface area contributed by atoms with Crippen LogP contribution in [0, 0.1) is 0 Å². The van der Waals surface area contributed by atoms with Crippen LogP contribution in [0.2, 0.25) is 0 Å². The molecule has 29 heavy (non-hydrogen) atoms. The van der Waals surface area contributed by atoms with Gasteiger partial charge >= 0.3 is 0 Å². The van der Waals surface area contributed by atoms with Gasteiger partial charge in [-0.2, -0.15) is 4.31 Å². The minimum Gasteiger partial charge on any atom is -0.419 e. The molecule has 0 unspecified atom stereocenters. The van der Waals surface area contributed by atoms with Gasteiger partial charge in [-0.05, 0) is 36.8 Å². The third-order valence-electron chi connectivity index (χ3n) is 4.77. The fourth-order valence-corrected chi connectivity index (χ4v) is 4.48. The zero-order chi connectivity index (χ0) is 20.9. The Kier molecular flexibility index (Phi) is 6.79. The first-order valence-corrected chi connectivity index (χ1v) is 11.1. The normalized spacial score (nSPS) is 13.0. The van der Waals surface area contributed by atoms with Crippen LogP contribution in [0.5, 0.6) is 0 Å². The highest BCUT2D eigenvalue weighted by Crippen LogP contribution is 2.20. The largest absolute Gasteiger partial charge is 0.419 e. The number of hydrogen-bond donors (Lipinski definition) is 1. The van der Waals surface area contributed by atoms with Crippen LogP contribution in [-0.4, -0.2) is 36.0 Å². The molecular formula is C21H26N4O3S. The molecule has 0 aliphatic rings. The summed E-state index contributed by atoms with van der Waals surface area (Å²) in [6, 6.07) is 16.6. The number of nitrogens with one attached hydrogen (secondary N) is 1. The van der Waals surface area contributed by atoms with Gasteiger partial charge in [0.25, 0.3) is 0 Å². The highest BCUT2D eigenvalue weighted by Gasteiger charge is 2.21. The fourth-order valence-electron chi connectivity index (χ4n) is 3.02. The topological polar surface area (TPSA) is 88.3 Å². The van der Waals surface area contributed by atoms with E-state index in [1.54, 1.807) is 12.1 Å². The number of rotatable bonds is 9. The van der Waals surface area contributed by atoms with Crippen LogP contribution in [0.4, 0.5) is 0 Å². The summed E-state index contributed by atoms with van der Waals surface area (Å²) in [5.41, 5.74) is 1.86. The van der Waals surface area contributed by atoms with Crippen LogP contribution in [0.3, 0.4) is 0 Å². The van der Waals surface area contributed by atoms with Crippen LogP contribution in [0.15, 0.2) is 63.9 Å². The Hall–Kier alpha value is -2.55. The zero-order valence-electron chi connectivity index (χ0n) is 16.9. The van der Waals surface area contributed by atoms with Crippen molar-refractivity contribution in [2.45, 2.75) is 38.3 Å². The standard InChI is InChI=1S/C21H26N4O3S/c1-4-25(5-2)29(26,27)19-13-11-17(12-14-19)16(3)22-15-20-23-24-21(28-20)18-9-7-6-8-10-18/h6-14,16,22H,4-5,15H2,1-3H3/t16-/m0/s1. The summed E-state index contributed by atoms with van der Waals surface area (Å²) < 4.78 is 32.3. The zero-order valence-corrected chi connectivity index (χ0v) is 17.7. The second-order valence-corrected chi connectivity index (χ2v) is 8.57. The van der Waals surface area contributed by atoms with Crippen molar-refractivity contribution < 1.29 is 12.8 Å². The number of sulfonamides is 1. The van der Waals surface area contributed by atoms with E-state index in [9.17, 15) is 8.42 Å². The smallest absolute Gasteiger partial charge is 0.247 e. The van der Waals surface area contributed by atoms with Gasteiger partial charge < -0.3 is 9.73 Å². The Balaban J connectivity index is 1.63. The first-order valence-electron chi connectivity index (χ1n) is 9.67. The van der Waals surface area contributed by atoms with Crippen LogP contribution < -0.4 is 5.32 Å². The number of benzene rings is 2.